The van der Waals surface area contributed by atoms with Crippen molar-refractivity contribution in [3.05, 3.63) is 36.0 Å². The van der Waals surface area contributed by atoms with Gasteiger partial charge in [0.2, 0.25) is 0 Å². The fraction of sp³-hybridized carbons (Fsp3) is 0.267. The van der Waals surface area contributed by atoms with Crippen LogP contribution in [0.25, 0.3) is 21.8 Å². The quantitative estimate of drug-likeness (QED) is 0.643. The molecule has 3 aromatic rings. The molecule has 0 radical (unpaired) electrons. The molecule has 0 saturated heterocycles. The minimum atomic E-state index is 0. The number of nitrogens with zero attached hydrogens (tertiary/aromatic N) is 2. The van der Waals surface area contributed by atoms with Gasteiger partial charge in [-0.15, -0.1) is 0 Å². The Bertz CT molecular complexity index is 698. The summed E-state index contributed by atoms with van der Waals surface area (Å²) in [5.74, 6) is 0.609. The Balaban J connectivity index is 0.000000576. The van der Waals surface area contributed by atoms with Gasteiger partial charge in [-0.25, -0.2) is 4.98 Å². The number of fused-ring (bicyclic) bond motifs is 3. The topological polar surface area (TPSA) is 78.8 Å². The van der Waals surface area contributed by atoms with Gasteiger partial charge in [-0.05, 0) is 19.1 Å². The molecule has 0 aliphatic rings. The fourth-order valence-electron chi connectivity index (χ4n) is 2.21. The number of aryl methyl sites for hydroxylation is 2. The fourth-order valence-corrected chi connectivity index (χ4v) is 2.21. The lowest BCUT2D eigenvalue weighted by Gasteiger charge is -2.05. The van der Waals surface area contributed by atoms with Crippen LogP contribution in [-0.2, 0) is 7.05 Å². The second kappa shape index (κ2) is 5.71. The van der Waals surface area contributed by atoms with Gasteiger partial charge in [0.1, 0.15) is 5.82 Å². The molecule has 0 unspecified atom stereocenters. The standard InChI is InChI=1S/C13H13N3.C2H6.H3N/c1-8-7-10-12(16(8)2)9-5-3-4-6-11(9)15-13(10)14;1-2;/h3-7H,1-2H3,(H2,14,15);1-2H3;1H3. The number of nitrogens with two attached hydrogens (primary N) is 1. The van der Waals surface area contributed by atoms with E-state index in [1.54, 1.807) is 0 Å². The number of anilines is 1. The highest BCUT2D eigenvalue weighted by atomic mass is 15.0. The van der Waals surface area contributed by atoms with Crippen molar-refractivity contribution in [1.82, 2.24) is 15.7 Å². The van der Waals surface area contributed by atoms with Crippen LogP contribution < -0.4 is 11.9 Å². The third kappa shape index (κ3) is 2.27. The van der Waals surface area contributed by atoms with Crippen molar-refractivity contribution in [2.75, 3.05) is 5.73 Å². The third-order valence-corrected chi connectivity index (χ3v) is 3.15. The molecule has 4 heteroatoms. The van der Waals surface area contributed by atoms with Crippen LogP contribution in [0.1, 0.15) is 19.5 Å². The number of pyridine rings is 1. The van der Waals surface area contributed by atoms with Crippen LogP contribution in [0, 0.1) is 6.92 Å². The van der Waals surface area contributed by atoms with Crippen molar-refractivity contribution in [3.63, 3.8) is 0 Å². The van der Waals surface area contributed by atoms with Gasteiger partial charge in [-0.3, -0.25) is 0 Å². The van der Waals surface area contributed by atoms with E-state index in [-0.39, 0.29) is 6.15 Å². The number of benzene rings is 1. The van der Waals surface area contributed by atoms with Crippen molar-refractivity contribution in [2.45, 2.75) is 20.8 Å². The van der Waals surface area contributed by atoms with E-state index in [2.05, 4.69) is 35.7 Å². The van der Waals surface area contributed by atoms with Gasteiger partial charge < -0.3 is 16.5 Å². The monoisotopic (exact) mass is 258 g/mol. The molecule has 0 amide bonds. The summed E-state index contributed by atoms with van der Waals surface area (Å²) < 4.78 is 2.16. The SMILES string of the molecule is CC.Cc1cc2c(N)nc3ccccc3c2n1C.N. The number of para-hydroxylation sites is 1. The Morgan fingerprint density at radius 2 is 1.74 bits per heavy atom. The minimum absolute atomic E-state index is 0. The van der Waals surface area contributed by atoms with E-state index in [9.17, 15) is 0 Å². The summed E-state index contributed by atoms with van der Waals surface area (Å²) in [7, 11) is 2.06. The molecule has 19 heavy (non-hydrogen) atoms. The minimum Gasteiger partial charge on any atom is -0.383 e. The van der Waals surface area contributed by atoms with Crippen LogP contribution in [0.3, 0.4) is 0 Å². The smallest absolute Gasteiger partial charge is 0.133 e. The summed E-state index contributed by atoms with van der Waals surface area (Å²) >= 11 is 0. The van der Waals surface area contributed by atoms with Crippen molar-refractivity contribution in [1.29, 1.82) is 0 Å². The Morgan fingerprint density at radius 3 is 2.42 bits per heavy atom. The van der Waals surface area contributed by atoms with Crippen LogP contribution in [0.4, 0.5) is 5.82 Å². The molecule has 1 aromatic carbocycles. The first-order valence-electron chi connectivity index (χ1n) is 6.29. The summed E-state index contributed by atoms with van der Waals surface area (Å²) in [5, 5.41) is 2.20. The number of rotatable bonds is 0. The Morgan fingerprint density at radius 1 is 1.11 bits per heavy atom. The number of hydrogen-bond donors (Lipinski definition) is 2. The van der Waals surface area contributed by atoms with E-state index in [4.69, 9.17) is 5.73 Å². The van der Waals surface area contributed by atoms with E-state index in [0.29, 0.717) is 5.82 Å². The first-order valence-corrected chi connectivity index (χ1v) is 6.29. The van der Waals surface area contributed by atoms with E-state index >= 15 is 0 Å². The number of nitrogen functional groups attached to an aromatic ring is 1. The van der Waals surface area contributed by atoms with E-state index in [0.717, 1.165) is 16.3 Å². The second-order valence-electron chi connectivity index (χ2n) is 4.12. The van der Waals surface area contributed by atoms with Crippen LogP contribution in [0.15, 0.2) is 30.3 Å². The predicted molar refractivity (Wildman–Crippen MR) is 83.7 cm³/mol. The first-order chi connectivity index (χ1) is 8.68. The van der Waals surface area contributed by atoms with Gasteiger partial charge in [0.25, 0.3) is 0 Å². The Hall–Kier alpha value is -2.07. The summed E-state index contributed by atoms with van der Waals surface area (Å²) in [6, 6.07) is 10.2. The van der Waals surface area contributed by atoms with Crippen molar-refractivity contribution < 1.29 is 0 Å². The highest BCUT2D eigenvalue weighted by Crippen LogP contribution is 2.29. The highest BCUT2D eigenvalue weighted by Gasteiger charge is 2.10. The van der Waals surface area contributed by atoms with E-state index in [1.165, 1.54) is 11.2 Å². The van der Waals surface area contributed by atoms with Crippen molar-refractivity contribution in [3.8, 4) is 0 Å². The molecule has 102 valence electrons. The molecule has 2 aromatic heterocycles. The molecule has 4 nitrogen and oxygen atoms in total. The molecule has 0 fully saturated rings. The molecule has 5 N–H and O–H groups in total. The zero-order valence-electron chi connectivity index (χ0n) is 12.1. The Labute approximate surface area is 113 Å². The Kier molecular flexibility index (Phi) is 4.51. The van der Waals surface area contributed by atoms with Gasteiger partial charge in [-0.2, -0.15) is 0 Å². The second-order valence-corrected chi connectivity index (χ2v) is 4.12. The maximum absolute atomic E-state index is 5.98. The number of aromatic nitrogens is 2. The summed E-state index contributed by atoms with van der Waals surface area (Å²) in [6.45, 7) is 6.08. The average molecular weight is 258 g/mol. The lowest BCUT2D eigenvalue weighted by Crippen LogP contribution is -1.95. The molecular weight excluding hydrogens is 236 g/mol. The van der Waals surface area contributed by atoms with Crippen LogP contribution in [0.5, 0.6) is 0 Å². The van der Waals surface area contributed by atoms with Gasteiger partial charge in [0.05, 0.1) is 11.0 Å². The van der Waals surface area contributed by atoms with Crippen LogP contribution >= 0.6 is 0 Å². The maximum Gasteiger partial charge on any atom is 0.133 e. The van der Waals surface area contributed by atoms with Crippen molar-refractivity contribution >= 4 is 27.6 Å². The van der Waals surface area contributed by atoms with E-state index in [1.807, 2.05) is 32.0 Å². The summed E-state index contributed by atoms with van der Waals surface area (Å²) in [6.07, 6.45) is 0. The first kappa shape index (κ1) is 15.0. The summed E-state index contributed by atoms with van der Waals surface area (Å²) in [4.78, 5) is 4.42. The molecule has 0 atom stereocenters. The number of hydrogen-bond acceptors (Lipinski definition) is 3. The highest BCUT2D eigenvalue weighted by molar-refractivity contribution is 6.08. The van der Waals surface area contributed by atoms with Gasteiger partial charge >= 0.3 is 0 Å². The lowest BCUT2D eigenvalue weighted by atomic mass is 10.1. The zero-order valence-corrected chi connectivity index (χ0v) is 12.1. The lowest BCUT2D eigenvalue weighted by molar-refractivity contribution is 0.921. The third-order valence-electron chi connectivity index (χ3n) is 3.15. The summed E-state index contributed by atoms with van der Waals surface area (Å²) in [5.41, 5.74) is 9.29. The molecule has 0 aliphatic carbocycles. The van der Waals surface area contributed by atoms with Crippen molar-refractivity contribution in [2.24, 2.45) is 7.05 Å². The molecule has 2 heterocycles. The van der Waals surface area contributed by atoms with Crippen LogP contribution in [0.2, 0.25) is 0 Å². The normalized spacial score (nSPS) is 9.89. The average Bonchev–Trinajstić information content (AvgIpc) is 2.70. The maximum atomic E-state index is 5.98. The largest absolute Gasteiger partial charge is 0.383 e. The van der Waals surface area contributed by atoms with E-state index < -0.39 is 0 Å². The molecule has 0 spiro atoms. The zero-order chi connectivity index (χ0) is 13.3. The van der Waals surface area contributed by atoms with Gasteiger partial charge in [-0.1, -0.05) is 32.0 Å². The molecule has 3 rings (SSSR count). The molecular formula is C15H22N4. The van der Waals surface area contributed by atoms with Gasteiger partial charge in [0.15, 0.2) is 0 Å². The molecule has 0 saturated carbocycles. The van der Waals surface area contributed by atoms with Crippen LogP contribution in [-0.4, -0.2) is 9.55 Å². The molecule has 0 aliphatic heterocycles. The molecule has 0 bridgehead atoms. The predicted octanol–water partition coefficient (Wildman–Crippen LogP) is 3.81. The van der Waals surface area contributed by atoms with Gasteiger partial charge in [0, 0.05) is 23.5 Å².